The van der Waals surface area contributed by atoms with E-state index in [1.807, 2.05) is 0 Å². The Labute approximate surface area is 59.5 Å². The zero-order valence-corrected chi connectivity index (χ0v) is 6.53. The molecule has 0 aromatic carbocycles. The average Bonchev–Trinajstić information content (AvgIpc) is 2.33. The number of fused-ring (bicyclic) bond motifs is 1. The second kappa shape index (κ2) is 1.98. The minimum atomic E-state index is 0.538. The van der Waals surface area contributed by atoms with Gasteiger partial charge in [0.2, 0.25) is 0 Å². The molecule has 0 aliphatic rings. The molecule has 0 radical (unpaired) electrons. The van der Waals surface area contributed by atoms with Gasteiger partial charge in [-0.2, -0.15) is 0 Å². The monoisotopic (exact) mass is 184 g/mol. The minimum absolute atomic E-state index is 0.538. The second-order valence-electron chi connectivity index (χ2n) is 1.86. The number of rotatable bonds is 0. The molecule has 2 heteroatoms. The van der Waals surface area contributed by atoms with Gasteiger partial charge in [0, 0.05) is 0 Å². The molecular formula is C7H6NSe+. The summed E-state index contributed by atoms with van der Waals surface area (Å²) < 4.78 is 2.27. The summed E-state index contributed by atoms with van der Waals surface area (Å²) in [5, 5.41) is 0. The molecule has 0 N–H and O–H groups in total. The first kappa shape index (κ1) is 5.21. The fraction of sp³-hybridized carbons (Fsp3) is 0. The topological polar surface area (TPSA) is 4.10 Å². The van der Waals surface area contributed by atoms with E-state index in [9.17, 15) is 0 Å². The predicted molar refractivity (Wildman–Crippen MR) is 36.5 cm³/mol. The van der Waals surface area contributed by atoms with E-state index in [-0.39, 0.29) is 0 Å². The van der Waals surface area contributed by atoms with Crippen LogP contribution in [0.25, 0.3) is 5.52 Å². The van der Waals surface area contributed by atoms with Gasteiger partial charge in [0.15, 0.2) is 0 Å². The summed E-state index contributed by atoms with van der Waals surface area (Å²) >= 11 is 0.538. The Hall–Kier alpha value is -0.591. The van der Waals surface area contributed by atoms with Crippen LogP contribution in [0.3, 0.4) is 0 Å². The van der Waals surface area contributed by atoms with Crippen molar-refractivity contribution in [2.24, 2.45) is 0 Å². The molecule has 0 atom stereocenters. The molecule has 0 aliphatic carbocycles. The third-order valence-electron chi connectivity index (χ3n) is 1.27. The van der Waals surface area contributed by atoms with Crippen molar-refractivity contribution in [3.8, 4) is 0 Å². The quantitative estimate of drug-likeness (QED) is 0.523. The molecule has 0 saturated carbocycles. The van der Waals surface area contributed by atoms with E-state index in [0.717, 1.165) is 0 Å². The van der Waals surface area contributed by atoms with Crippen LogP contribution in [0.15, 0.2) is 35.4 Å². The SMILES string of the molecule is c1cc[n+]2[se]ccc2c1. The van der Waals surface area contributed by atoms with Crippen molar-refractivity contribution in [3.63, 3.8) is 0 Å². The molecule has 0 unspecified atom stereocenters. The van der Waals surface area contributed by atoms with E-state index in [0.29, 0.717) is 14.7 Å². The van der Waals surface area contributed by atoms with Crippen LogP contribution < -0.4 is 3.40 Å². The van der Waals surface area contributed by atoms with Crippen LogP contribution in [-0.2, 0) is 0 Å². The molecule has 44 valence electrons. The first-order valence-electron chi connectivity index (χ1n) is 2.81. The van der Waals surface area contributed by atoms with Gasteiger partial charge in [-0.15, -0.1) is 0 Å². The van der Waals surface area contributed by atoms with E-state index in [1.165, 1.54) is 5.52 Å². The maximum absolute atomic E-state index is 2.27. The summed E-state index contributed by atoms with van der Waals surface area (Å²) in [6, 6.07) is 8.43. The number of hydrogen-bond acceptors (Lipinski definition) is 0. The molecule has 0 spiro atoms. The first-order chi connectivity index (χ1) is 4.47. The van der Waals surface area contributed by atoms with Gasteiger partial charge in [0.25, 0.3) is 0 Å². The van der Waals surface area contributed by atoms with Crippen molar-refractivity contribution >= 4 is 20.2 Å². The molecule has 0 saturated heterocycles. The summed E-state index contributed by atoms with van der Waals surface area (Å²) in [5.74, 6) is 0. The molecule has 0 amide bonds. The number of hydrogen-bond donors (Lipinski definition) is 0. The first-order valence-corrected chi connectivity index (χ1v) is 4.57. The number of aromatic nitrogens is 1. The van der Waals surface area contributed by atoms with Gasteiger partial charge in [0.1, 0.15) is 0 Å². The van der Waals surface area contributed by atoms with Crippen molar-refractivity contribution < 1.29 is 3.40 Å². The molecule has 0 fully saturated rings. The Balaban J connectivity index is 2.95. The van der Waals surface area contributed by atoms with Crippen molar-refractivity contribution in [3.05, 3.63) is 35.4 Å². The normalized spacial score (nSPS) is 10.2. The van der Waals surface area contributed by atoms with Crippen LogP contribution in [-0.4, -0.2) is 14.7 Å². The Morgan fingerprint density at radius 2 is 2.22 bits per heavy atom. The van der Waals surface area contributed by atoms with E-state index in [4.69, 9.17) is 0 Å². The van der Waals surface area contributed by atoms with E-state index < -0.39 is 0 Å². The van der Waals surface area contributed by atoms with Gasteiger partial charge in [-0.05, 0) is 0 Å². The Morgan fingerprint density at radius 3 is 3.11 bits per heavy atom. The van der Waals surface area contributed by atoms with Gasteiger partial charge < -0.3 is 0 Å². The summed E-state index contributed by atoms with van der Waals surface area (Å²) in [4.78, 5) is 2.22. The molecule has 0 aliphatic heterocycles. The van der Waals surface area contributed by atoms with E-state index in [1.54, 1.807) is 0 Å². The van der Waals surface area contributed by atoms with Gasteiger partial charge in [-0.1, -0.05) is 0 Å². The molecule has 0 bridgehead atoms. The molecule has 2 rings (SSSR count). The zero-order valence-electron chi connectivity index (χ0n) is 4.82. The van der Waals surface area contributed by atoms with Crippen LogP contribution >= 0.6 is 0 Å². The fourth-order valence-corrected chi connectivity index (χ4v) is 2.33. The Bertz CT molecular complexity index is 283. The van der Waals surface area contributed by atoms with E-state index in [2.05, 4.69) is 38.8 Å². The summed E-state index contributed by atoms with van der Waals surface area (Å²) in [6.45, 7) is 0. The van der Waals surface area contributed by atoms with Crippen molar-refractivity contribution in [2.75, 3.05) is 0 Å². The van der Waals surface area contributed by atoms with Crippen LogP contribution in [0, 0.1) is 0 Å². The van der Waals surface area contributed by atoms with E-state index >= 15 is 0 Å². The Morgan fingerprint density at radius 1 is 1.22 bits per heavy atom. The number of pyridine rings is 1. The molecule has 9 heavy (non-hydrogen) atoms. The maximum atomic E-state index is 2.27. The number of nitrogens with zero attached hydrogens (tertiary/aromatic N) is 1. The average molecular weight is 183 g/mol. The molecule has 1 nitrogen and oxygen atoms in total. The van der Waals surface area contributed by atoms with Gasteiger partial charge >= 0.3 is 59.0 Å². The molecule has 2 aromatic heterocycles. The van der Waals surface area contributed by atoms with Crippen molar-refractivity contribution in [1.82, 2.24) is 0 Å². The summed E-state index contributed by atoms with van der Waals surface area (Å²) in [6.07, 6.45) is 2.12. The van der Waals surface area contributed by atoms with Crippen LogP contribution in [0.2, 0.25) is 0 Å². The third kappa shape index (κ3) is 0.805. The summed E-state index contributed by atoms with van der Waals surface area (Å²) in [5.41, 5.74) is 1.33. The molecular weight excluding hydrogens is 177 g/mol. The standard InChI is InChI=1S/C7H6NSe/c1-2-5-8-7(3-1)4-6-9-8/h1-6H/q+1. The third-order valence-corrected chi connectivity index (χ3v) is 2.98. The van der Waals surface area contributed by atoms with Crippen molar-refractivity contribution in [2.45, 2.75) is 0 Å². The van der Waals surface area contributed by atoms with Gasteiger partial charge in [-0.3, -0.25) is 0 Å². The van der Waals surface area contributed by atoms with Crippen LogP contribution in [0.5, 0.6) is 0 Å². The second-order valence-corrected chi connectivity index (χ2v) is 3.70. The fourth-order valence-electron chi connectivity index (χ4n) is 0.832. The van der Waals surface area contributed by atoms with Crippen LogP contribution in [0.4, 0.5) is 0 Å². The van der Waals surface area contributed by atoms with Gasteiger partial charge in [-0.25, -0.2) is 0 Å². The molecule has 2 heterocycles. The van der Waals surface area contributed by atoms with Crippen molar-refractivity contribution in [1.29, 1.82) is 0 Å². The predicted octanol–water partition coefficient (Wildman–Crippen LogP) is 0.482. The molecule has 2 aromatic rings. The Kier molecular flexibility index (Phi) is 1.15. The summed E-state index contributed by atoms with van der Waals surface area (Å²) in [7, 11) is 0. The zero-order chi connectivity index (χ0) is 6.10. The van der Waals surface area contributed by atoms with Crippen LogP contribution in [0.1, 0.15) is 0 Å². The van der Waals surface area contributed by atoms with Gasteiger partial charge in [0.05, 0.1) is 0 Å².